The van der Waals surface area contributed by atoms with Crippen molar-refractivity contribution < 1.29 is 9.53 Å². The maximum absolute atomic E-state index is 12.2. The normalized spacial score (nSPS) is 18.9. The Morgan fingerprint density at radius 2 is 2.04 bits per heavy atom. The smallest absolute Gasteiger partial charge is 0.319 e. The summed E-state index contributed by atoms with van der Waals surface area (Å²) in [6.07, 6.45) is 4.77. The van der Waals surface area contributed by atoms with E-state index in [4.69, 9.17) is 4.74 Å². The minimum Gasteiger partial charge on any atom is -0.489 e. The van der Waals surface area contributed by atoms with Crippen molar-refractivity contribution >= 4 is 11.7 Å². The monoisotopic (exact) mass is 329 g/mol. The molecule has 1 aliphatic carbocycles. The Balaban J connectivity index is 1.44. The highest BCUT2D eigenvalue weighted by Gasteiger charge is 2.32. The Morgan fingerprint density at radius 1 is 1.29 bits per heavy atom. The van der Waals surface area contributed by atoms with E-state index in [1.165, 1.54) is 12.8 Å². The number of benzene rings is 1. The third-order valence-electron chi connectivity index (χ3n) is 4.51. The second-order valence-electron chi connectivity index (χ2n) is 6.91. The molecule has 0 radical (unpaired) electrons. The molecule has 1 heterocycles. The zero-order valence-electron chi connectivity index (χ0n) is 14.4. The number of amides is 2. The second kappa shape index (κ2) is 7.71. The van der Waals surface area contributed by atoms with Gasteiger partial charge < -0.3 is 20.3 Å². The van der Waals surface area contributed by atoms with Gasteiger partial charge >= 0.3 is 6.03 Å². The van der Waals surface area contributed by atoms with Crippen molar-refractivity contribution in [1.82, 2.24) is 10.2 Å². The summed E-state index contributed by atoms with van der Waals surface area (Å²) in [6.45, 7) is 8.41. The first-order valence-corrected chi connectivity index (χ1v) is 8.79. The summed E-state index contributed by atoms with van der Waals surface area (Å²) < 4.78 is 5.60. The van der Waals surface area contributed by atoms with E-state index in [-0.39, 0.29) is 12.1 Å². The molecule has 0 spiro atoms. The number of piperidine rings is 1. The first kappa shape index (κ1) is 16.8. The quantitative estimate of drug-likeness (QED) is 0.787. The first-order valence-electron chi connectivity index (χ1n) is 8.79. The number of carbonyl (C=O) groups is 1. The summed E-state index contributed by atoms with van der Waals surface area (Å²) in [4.78, 5) is 14.7. The van der Waals surface area contributed by atoms with Crippen molar-refractivity contribution in [3.8, 4) is 5.75 Å². The van der Waals surface area contributed by atoms with Crippen molar-refractivity contribution in [2.45, 2.75) is 44.7 Å². The zero-order valence-corrected chi connectivity index (χ0v) is 14.4. The largest absolute Gasteiger partial charge is 0.489 e. The molecule has 130 valence electrons. The molecule has 2 fully saturated rings. The Labute approximate surface area is 144 Å². The van der Waals surface area contributed by atoms with Crippen LogP contribution in [0.15, 0.2) is 36.4 Å². The molecule has 0 bridgehead atoms. The lowest BCUT2D eigenvalue weighted by Gasteiger charge is -2.32. The van der Waals surface area contributed by atoms with Gasteiger partial charge in [0.05, 0.1) is 0 Å². The number of hydrogen-bond acceptors (Lipinski definition) is 3. The first-order chi connectivity index (χ1) is 11.6. The highest BCUT2D eigenvalue weighted by molar-refractivity contribution is 5.89. The topological polar surface area (TPSA) is 53.6 Å². The molecule has 0 aromatic heterocycles. The predicted octanol–water partition coefficient (Wildman–Crippen LogP) is 3.39. The predicted molar refractivity (Wildman–Crippen MR) is 96.5 cm³/mol. The van der Waals surface area contributed by atoms with E-state index in [1.807, 2.05) is 31.2 Å². The van der Waals surface area contributed by atoms with E-state index in [0.717, 1.165) is 49.0 Å². The number of anilines is 1. The number of ether oxygens (including phenoxy) is 1. The molecule has 2 amide bonds. The molecule has 0 atom stereocenters. The third-order valence-corrected chi connectivity index (χ3v) is 4.51. The van der Waals surface area contributed by atoms with Crippen LogP contribution >= 0.6 is 0 Å². The molecular weight excluding hydrogens is 302 g/mol. The van der Waals surface area contributed by atoms with Crippen molar-refractivity contribution in [2.75, 3.05) is 25.0 Å². The van der Waals surface area contributed by atoms with E-state index in [0.29, 0.717) is 6.61 Å². The second-order valence-corrected chi connectivity index (χ2v) is 6.91. The van der Waals surface area contributed by atoms with Crippen LogP contribution in [0.2, 0.25) is 0 Å². The van der Waals surface area contributed by atoms with Crippen molar-refractivity contribution in [2.24, 2.45) is 0 Å². The Bertz CT molecular complexity index is 590. The Kier molecular flexibility index (Phi) is 5.41. The standard InChI is InChI=1S/C19H27N3O2/c1-14(2)13-24-18-5-3-4-16(12-18)21-19(23)20-15-8-10-22(11-9-15)17-6-7-17/h3-5,12,15,17H,1,6-11,13H2,2H3,(H2,20,21,23). The number of urea groups is 1. The van der Waals surface area contributed by atoms with Gasteiger partial charge in [0.2, 0.25) is 0 Å². The molecule has 1 saturated carbocycles. The number of rotatable bonds is 6. The van der Waals surface area contributed by atoms with Crippen molar-refractivity contribution in [3.05, 3.63) is 36.4 Å². The van der Waals surface area contributed by atoms with E-state index < -0.39 is 0 Å². The van der Waals surface area contributed by atoms with Crippen LogP contribution in [0, 0.1) is 0 Å². The lowest BCUT2D eigenvalue weighted by Crippen LogP contribution is -2.46. The fourth-order valence-electron chi connectivity index (χ4n) is 3.07. The summed E-state index contributed by atoms with van der Waals surface area (Å²) in [5, 5.41) is 5.98. The minimum atomic E-state index is -0.142. The average Bonchev–Trinajstić information content (AvgIpc) is 3.39. The van der Waals surface area contributed by atoms with E-state index >= 15 is 0 Å². The molecular formula is C19H27N3O2. The zero-order chi connectivity index (χ0) is 16.9. The number of carbonyl (C=O) groups excluding carboxylic acids is 1. The average molecular weight is 329 g/mol. The molecule has 1 aliphatic heterocycles. The van der Waals surface area contributed by atoms with Gasteiger partial charge in [-0.15, -0.1) is 0 Å². The summed E-state index contributed by atoms with van der Waals surface area (Å²) in [5.41, 5.74) is 1.70. The SMILES string of the molecule is C=C(C)COc1cccc(NC(=O)NC2CCN(C3CC3)CC2)c1. The number of hydrogen-bond donors (Lipinski definition) is 2. The fourth-order valence-corrected chi connectivity index (χ4v) is 3.07. The van der Waals surface area contributed by atoms with Crippen LogP contribution in [0.3, 0.4) is 0 Å². The summed E-state index contributed by atoms with van der Waals surface area (Å²) in [7, 11) is 0. The number of likely N-dealkylation sites (tertiary alicyclic amines) is 1. The molecule has 0 unspecified atom stereocenters. The van der Waals surface area contributed by atoms with Gasteiger partial charge in [-0.05, 0) is 50.3 Å². The molecule has 1 aromatic carbocycles. The van der Waals surface area contributed by atoms with Gasteiger partial charge in [0.1, 0.15) is 12.4 Å². The van der Waals surface area contributed by atoms with E-state index in [1.54, 1.807) is 0 Å². The van der Waals surface area contributed by atoms with Crippen LogP contribution in [0.25, 0.3) is 0 Å². The van der Waals surface area contributed by atoms with Gasteiger partial charge in [0.25, 0.3) is 0 Å². The Hall–Kier alpha value is -2.01. The molecule has 3 rings (SSSR count). The fraction of sp³-hybridized carbons (Fsp3) is 0.526. The summed E-state index contributed by atoms with van der Waals surface area (Å²) in [5.74, 6) is 0.730. The summed E-state index contributed by atoms with van der Waals surface area (Å²) >= 11 is 0. The van der Waals surface area contributed by atoms with Gasteiger partial charge in [-0.3, -0.25) is 0 Å². The van der Waals surface area contributed by atoms with E-state index in [2.05, 4.69) is 22.1 Å². The Morgan fingerprint density at radius 3 is 2.71 bits per heavy atom. The molecule has 5 nitrogen and oxygen atoms in total. The summed E-state index contributed by atoms with van der Waals surface area (Å²) in [6, 6.07) is 8.39. The van der Waals surface area contributed by atoms with Crippen LogP contribution in [0.4, 0.5) is 10.5 Å². The van der Waals surface area contributed by atoms with Gasteiger partial charge in [-0.25, -0.2) is 4.79 Å². The van der Waals surface area contributed by atoms with Gasteiger partial charge in [-0.1, -0.05) is 12.6 Å². The third kappa shape index (κ3) is 4.99. The van der Waals surface area contributed by atoms with Crippen LogP contribution in [0.1, 0.15) is 32.6 Å². The minimum absolute atomic E-state index is 0.142. The maximum atomic E-state index is 12.2. The molecule has 2 aliphatic rings. The molecule has 2 N–H and O–H groups in total. The number of nitrogens with zero attached hydrogens (tertiary/aromatic N) is 1. The lowest BCUT2D eigenvalue weighted by atomic mass is 10.1. The van der Waals surface area contributed by atoms with Crippen molar-refractivity contribution in [1.29, 1.82) is 0 Å². The van der Waals surface area contributed by atoms with Crippen LogP contribution < -0.4 is 15.4 Å². The highest BCUT2D eigenvalue weighted by Crippen LogP contribution is 2.29. The number of nitrogens with one attached hydrogen (secondary N) is 2. The lowest BCUT2D eigenvalue weighted by molar-refractivity contribution is 0.189. The van der Waals surface area contributed by atoms with Gasteiger partial charge in [-0.2, -0.15) is 0 Å². The molecule has 1 saturated heterocycles. The van der Waals surface area contributed by atoms with Gasteiger partial charge in [0.15, 0.2) is 0 Å². The van der Waals surface area contributed by atoms with Crippen LogP contribution in [-0.2, 0) is 0 Å². The molecule has 5 heteroatoms. The molecule has 24 heavy (non-hydrogen) atoms. The highest BCUT2D eigenvalue weighted by atomic mass is 16.5. The maximum Gasteiger partial charge on any atom is 0.319 e. The van der Waals surface area contributed by atoms with Crippen LogP contribution in [0.5, 0.6) is 5.75 Å². The van der Waals surface area contributed by atoms with Crippen LogP contribution in [-0.4, -0.2) is 42.7 Å². The van der Waals surface area contributed by atoms with Gasteiger partial charge in [0, 0.05) is 36.9 Å². The molecule has 1 aromatic rings. The van der Waals surface area contributed by atoms with E-state index in [9.17, 15) is 4.79 Å². The van der Waals surface area contributed by atoms with Crippen molar-refractivity contribution in [3.63, 3.8) is 0 Å².